The van der Waals surface area contributed by atoms with Crippen LogP contribution in [0.25, 0.3) is 0 Å². The summed E-state index contributed by atoms with van der Waals surface area (Å²) in [6.45, 7) is 9.99. The Hall–Kier alpha value is -1.15. The third-order valence-corrected chi connectivity index (χ3v) is 9.04. The van der Waals surface area contributed by atoms with Gasteiger partial charge in [0.1, 0.15) is 0 Å². The van der Waals surface area contributed by atoms with Crippen LogP contribution < -0.4 is 5.32 Å². The normalized spacial score (nSPS) is 24.4. The van der Waals surface area contributed by atoms with Crippen molar-refractivity contribution >= 4 is 27.5 Å². The van der Waals surface area contributed by atoms with Gasteiger partial charge >= 0.3 is 0 Å². The highest BCUT2D eigenvalue weighted by Gasteiger charge is 2.53. The van der Waals surface area contributed by atoms with Crippen LogP contribution in [0.1, 0.15) is 53.4 Å². The van der Waals surface area contributed by atoms with Crippen molar-refractivity contribution in [3.8, 4) is 0 Å². The first kappa shape index (κ1) is 23.5. The van der Waals surface area contributed by atoms with E-state index in [4.69, 9.17) is 11.6 Å². The van der Waals surface area contributed by atoms with Crippen LogP contribution in [0, 0.1) is 11.8 Å². The molecular formula is C22H34ClN3O3S. The zero-order valence-corrected chi connectivity index (χ0v) is 20.0. The first-order chi connectivity index (χ1) is 14.1. The molecule has 2 heterocycles. The van der Waals surface area contributed by atoms with Crippen LogP contribution in [0.2, 0.25) is 5.02 Å². The Morgan fingerprint density at radius 3 is 2.27 bits per heavy atom. The van der Waals surface area contributed by atoms with Crippen LogP contribution in [-0.4, -0.2) is 54.9 Å². The van der Waals surface area contributed by atoms with Gasteiger partial charge in [-0.3, -0.25) is 10.1 Å². The van der Waals surface area contributed by atoms with Crippen LogP contribution in [0.3, 0.4) is 0 Å². The summed E-state index contributed by atoms with van der Waals surface area (Å²) in [5.74, 6) is 0.810. The predicted molar refractivity (Wildman–Crippen MR) is 120 cm³/mol. The molecule has 3 rings (SSSR count). The molecule has 1 amide bonds. The van der Waals surface area contributed by atoms with E-state index in [0.717, 1.165) is 12.8 Å². The van der Waals surface area contributed by atoms with Gasteiger partial charge in [-0.05, 0) is 48.9 Å². The lowest BCUT2D eigenvalue weighted by atomic mass is 9.95. The average Bonchev–Trinajstić information content (AvgIpc) is 2.99. The van der Waals surface area contributed by atoms with Gasteiger partial charge in [-0.15, -0.1) is 0 Å². The van der Waals surface area contributed by atoms with E-state index in [1.165, 1.54) is 4.31 Å². The lowest BCUT2D eigenvalue weighted by molar-refractivity contribution is -0.134. The van der Waals surface area contributed by atoms with E-state index in [2.05, 4.69) is 33.0 Å². The second-order valence-corrected chi connectivity index (χ2v) is 11.2. The molecule has 2 fully saturated rings. The number of carbonyl (C=O) groups is 1. The molecule has 0 aromatic heterocycles. The number of benzene rings is 1. The molecule has 1 aromatic rings. The Bertz CT molecular complexity index is 851. The van der Waals surface area contributed by atoms with Crippen molar-refractivity contribution in [3.63, 3.8) is 0 Å². The molecule has 6 nitrogen and oxygen atoms in total. The van der Waals surface area contributed by atoms with E-state index in [-0.39, 0.29) is 22.8 Å². The van der Waals surface area contributed by atoms with Gasteiger partial charge < -0.3 is 4.90 Å². The summed E-state index contributed by atoms with van der Waals surface area (Å²) in [6.07, 6.45) is 3.11. The molecule has 3 atom stereocenters. The number of sulfonamides is 1. The summed E-state index contributed by atoms with van der Waals surface area (Å²) in [6, 6.07) is 6.10. The maximum atomic E-state index is 13.3. The quantitative estimate of drug-likeness (QED) is 0.680. The summed E-state index contributed by atoms with van der Waals surface area (Å²) in [4.78, 5) is 15.6. The Labute approximate surface area is 186 Å². The topological polar surface area (TPSA) is 69.7 Å². The summed E-state index contributed by atoms with van der Waals surface area (Å²) in [5.41, 5.74) is -0.458. The fraction of sp³-hybridized carbons (Fsp3) is 0.682. The molecule has 2 saturated heterocycles. The molecule has 0 saturated carbocycles. The molecule has 30 heavy (non-hydrogen) atoms. The number of piperidine rings is 1. The average molecular weight is 456 g/mol. The summed E-state index contributed by atoms with van der Waals surface area (Å²) >= 11 is 5.91. The minimum atomic E-state index is -3.57. The molecule has 168 valence electrons. The summed E-state index contributed by atoms with van der Waals surface area (Å²) in [7, 11) is -3.57. The molecule has 0 bridgehead atoms. The number of carbonyl (C=O) groups excluding carboxylic acids is 1. The largest absolute Gasteiger partial charge is 0.323 e. The van der Waals surface area contributed by atoms with Crippen molar-refractivity contribution in [1.82, 2.24) is 14.5 Å². The maximum Gasteiger partial charge on any atom is 0.243 e. The van der Waals surface area contributed by atoms with Crippen LogP contribution in [0.15, 0.2) is 29.2 Å². The minimum Gasteiger partial charge on any atom is -0.323 e. The Balaban J connectivity index is 1.81. The smallest absolute Gasteiger partial charge is 0.243 e. The first-order valence-corrected chi connectivity index (χ1v) is 12.8. The molecule has 1 N–H and O–H groups in total. The Kier molecular flexibility index (Phi) is 7.17. The minimum absolute atomic E-state index is 0.165. The maximum absolute atomic E-state index is 13.3. The number of amides is 1. The van der Waals surface area contributed by atoms with Crippen molar-refractivity contribution in [3.05, 3.63) is 29.3 Å². The molecule has 1 spiro atoms. The summed E-state index contributed by atoms with van der Waals surface area (Å²) < 4.78 is 27.7. The van der Waals surface area contributed by atoms with E-state index in [1.54, 1.807) is 24.3 Å². The van der Waals surface area contributed by atoms with Crippen molar-refractivity contribution in [2.24, 2.45) is 11.8 Å². The van der Waals surface area contributed by atoms with Gasteiger partial charge in [0.15, 0.2) is 0 Å². The summed E-state index contributed by atoms with van der Waals surface area (Å²) in [5, 5.41) is 4.15. The number of hydrogen-bond acceptors (Lipinski definition) is 4. The van der Waals surface area contributed by atoms with Crippen LogP contribution in [-0.2, 0) is 14.8 Å². The molecule has 2 aliphatic heterocycles. The van der Waals surface area contributed by atoms with Gasteiger partial charge in [0.25, 0.3) is 0 Å². The fourth-order valence-corrected chi connectivity index (χ4v) is 5.97. The predicted octanol–water partition coefficient (Wildman–Crippen LogP) is 3.71. The van der Waals surface area contributed by atoms with Crippen LogP contribution in [0.4, 0.5) is 0 Å². The number of hydrogen-bond donors (Lipinski definition) is 1. The van der Waals surface area contributed by atoms with Gasteiger partial charge in [-0.2, -0.15) is 4.31 Å². The van der Waals surface area contributed by atoms with E-state index >= 15 is 0 Å². The number of nitrogens with one attached hydrogen (secondary N) is 1. The number of halogens is 1. The lowest BCUT2D eigenvalue weighted by Gasteiger charge is -2.45. The van der Waals surface area contributed by atoms with E-state index < -0.39 is 15.7 Å². The standard InChI is InChI=1S/C22H34ClN3O3S/c1-5-16(3)15-26-21(27)20(17(4)6-2)24-22(26)11-13-25(14-12-22)30(28,29)19-9-7-18(23)8-10-19/h7-10,16-17,20,24H,5-6,11-15H2,1-4H3/t16-,17+,20+/m0/s1. The van der Waals surface area contributed by atoms with Crippen molar-refractivity contribution < 1.29 is 13.2 Å². The molecule has 1 aromatic carbocycles. The second-order valence-electron chi connectivity index (χ2n) is 8.86. The third-order valence-electron chi connectivity index (χ3n) is 6.88. The van der Waals surface area contributed by atoms with Gasteiger partial charge in [0, 0.05) is 24.7 Å². The zero-order valence-electron chi connectivity index (χ0n) is 18.4. The Morgan fingerprint density at radius 2 is 1.73 bits per heavy atom. The SMILES string of the molecule is CC[C@H](C)CN1C(=O)[C@@H]([C@H](C)CC)NC12CCN(S(=O)(=O)c1ccc(Cl)cc1)CC2. The molecule has 2 aliphatic rings. The highest BCUT2D eigenvalue weighted by molar-refractivity contribution is 7.89. The van der Waals surface area contributed by atoms with E-state index in [1.807, 2.05) is 4.90 Å². The van der Waals surface area contributed by atoms with Gasteiger partial charge in [0.05, 0.1) is 16.6 Å². The monoisotopic (exact) mass is 455 g/mol. The molecular weight excluding hydrogens is 422 g/mol. The van der Waals surface area contributed by atoms with E-state index in [0.29, 0.717) is 43.4 Å². The number of rotatable bonds is 7. The second kappa shape index (κ2) is 9.15. The van der Waals surface area contributed by atoms with Crippen LogP contribution in [0.5, 0.6) is 0 Å². The number of nitrogens with zero attached hydrogens (tertiary/aromatic N) is 2. The molecule has 0 radical (unpaired) electrons. The Morgan fingerprint density at radius 1 is 1.13 bits per heavy atom. The van der Waals surface area contributed by atoms with Crippen molar-refractivity contribution in [2.75, 3.05) is 19.6 Å². The molecule has 0 aliphatic carbocycles. The molecule has 8 heteroatoms. The first-order valence-electron chi connectivity index (χ1n) is 11.0. The van der Waals surface area contributed by atoms with E-state index in [9.17, 15) is 13.2 Å². The molecule has 0 unspecified atom stereocenters. The van der Waals surface area contributed by atoms with Gasteiger partial charge in [-0.25, -0.2) is 8.42 Å². The van der Waals surface area contributed by atoms with Crippen LogP contribution >= 0.6 is 11.6 Å². The zero-order chi connectivity index (χ0) is 22.1. The van der Waals surface area contributed by atoms with Gasteiger partial charge in [-0.1, -0.05) is 52.1 Å². The highest BCUT2D eigenvalue weighted by atomic mass is 35.5. The highest BCUT2D eigenvalue weighted by Crippen LogP contribution is 2.37. The lowest BCUT2D eigenvalue weighted by Crippen LogP contribution is -2.60. The van der Waals surface area contributed by atoms with Crippen molar-refractivity contribution in [2.45, 2.75) is 70.0 Å². The van der Waals surface area contributed by atoms with Gasteiger partial charge in [0.2, 0.25) is 15.9 Å². The third kappa shape index (κ3) is 4.40. The van der Waals surface area contributed by atoms with Crippen molar-refractivity contribution in [1.29, 1.82) is 0 Å². The fourth-order valence-electron chi connectivity index (χ4n) is 4.40.